The van der Waals surface area contributed by atoms with Crippen molar-refractivity contribution >= 4 is 46.6 Å². The van der Waals surface area contributed by atoms with E-state index in [0.717, 1.165) is 5.56 Å². The molecule has 26 heavy (non-hydrogen) atoms. The number of nitrogens with zero attached hydrogens (tertiary/aromatic N) is 2. The molecule has 0 bridgehead atoms. The highest BCUT2D eigenvalue weighted by Crippen LogP contribution is 2.26. The number of hydrogen-bond donors (Lipinski definition) is 1. The molecule has 132 valence electrons. The van der Waals surface area contributed by atoms with Gasteiger partial charge in [0.1, 0.15) is 17.4 Å². The molecular formula is C18H12Cl3N3O2. The van der Waals surface area contributed by atoms with E-state index in [-0.39, 0.29) is 29.0 Å². The van der Waals surface area contributed by atoms with E-state index in [9.17, 15) is 4.79 Å². The molecule has 0 aliphatic carbocycles. The van der Waals surface area contributed by atoms with Crippen molar-refractivity contribution in [2.45, 2.75) is 6.61 Å². The van der Waals surface area contributed by atoms with Crippen molar-refractivity contribution in [2.75, 3.05) is 5.73 Å². The second kappa shape index (κ2) is 7.91. The van der Waals surface area contributed by atoms with Crippen LogP contribution < -0.4 is 5.73 Å². The zero-order valence-corrected chi connectivity index (χ0v) is 15.5. The van der Waals surface area contributed by atoms with Crippen LogP contribution in [0.2, 0.25) is 15.1 Å². The molecule has 5 nitrogen and oxygen atoms in total. The monoisotopic (exact) mass is 407 g/mol. The van der Waals surface area contributed by atoms with Crippen molar-refractivity contribution in [2.24, 2.45) is 0 Å². The Labute approximate surface area is 164 Å². The second-order valence-corrected chi connectivity index (χ2v) is 6.56. The van der Waals surface area contributed by atoms with Crippen LogP contribution in [0.25, 0.3) is 11.4 Å². The third-order valence-electron chi connectivity index (χ3n) is 3.46. The topological polar surface area (TPSA) is 78.1 Å². The lowest BCUT2D eigenvalue weighted by Crippen LogP contribution is -2.11. The molecule has 8 heteroatoms. The van der Waals surface area contributed by atoms with Gasteiger partial charge in [-0.1, -0.05) is 46.9 Å². The van der Waals surface area contributed by atoms with Crippen molar-refractivity contribution in [1.82, 2.24) is 9.97 Å². The molecule has 0 radical (unpaired) electrons. The first kappa shape index (κ1) is 18.5. The number of ether oxygens (including phenoxy) is 1. The van der Waals surface area contributed by atoms with Gasteiger partial charge in [0.25, 0.3) is 0 Å². The number of nitrogen functional groups attached to an aromatic ring is 1. The predicted octanol–water partition coefficient (Wildman–Crippen LogP) is 5.04. The molecule has 3 aromatic rings. The highest BCUT2D eigenvalue weighted by molar-refractivity contribution is 6.35. The average molecular weight is 409 g/mol. The largest absolute Gasteiger partial charge is 0.456 e. The van der Waals surface area contributed by atoms with Crippen LogP contribution in [0.1, 0.15) is 16.1 Å². The normalized spacial score (nSPS) is 10.6. The Morgan fingerprint density at radius 2 is 1.50 bits per heavy atom. The summed E-state index contributed by atoms with van der Waals surface area (Å²) >= 11 is 17.8. The fraction of sp³-hybridized carbons (Fsp3) is 0.0556. The zero-order valence-electron chi connectivity index (χ0n) is 13.2. The summed E-state index contributed by atoms with van der Waals surface area (Å²) < 4.78 is 5.27. The third kappa shape index (κ3) is 4.25. The molecule has 0 unspecified atom stereocenters. The number of halogens is 3. The van der Waals surface area contributed by atoms with Gasteiger partial charge in [-0.25, -0.2) is 14.8 Å². The van der Waals surface area contributed by atoms with Gasteiger partial charge in [-0.2, -0.15) is 0 Å². The minimum atomic E-state index is -0.700. The van der Waals surface area contributed by atoms with Gasteiger partial charge in [-0.15, -0.1) is 0 Å². The number of carbonyl (C=O) groups is 1. The lowest BCUT2D eigenvalue weighted by atomic mass is 10.2. The van der Waals surface area contributed by atoms with Gasteiger partial charge in [0.2, 0.25) is 0 Å². The molecule has 0 atom stereocenters. The summed E-state index contributed by atoms with van der Waals surface area (Å²) in [5.74, 6) is -0.457. The molecule has 0 amide bonds. The Balaban J connectivity index is 1.84. The van der Waals surface area contributed by atoms with Gasteiger partial charge < -0.3 is 10.5 Å². The lowest BCUT2D eigenvalue weighted by Gasteiger charge is -2.09. The van der Waals surface area contributed by atoms with Crippen LogP contribution in [0.4, 0.5) is 5.82 Å². The highest BCUT2D eigenvalue weighted by atomic mass is 35.5. The van der Waals surface area contributed by atoms with Crippen LogP contribution in [0.15, 0.2) is 48.5 Å². The van der Waals surface area contributed by atoms with Gasteiger partial charge in [-0.05, 0) is 42.0 Å². The molecule has 3 rings (SSSR count). The van der Waals surface area contributed by atoms with Crippen molar-refractivity contribution in [3.05, 3.63) is 74.9 Å². The SMILES string of the molecule is Nc1nc(-c2ccc(Cl)cc2)nc(C(=O)OCc2ccc(Cl)cc2)c1Cl. The van der Waals surface area contributed by atoms with Gasteiger partial charge in [0, 0.05) is 15.6 Å². The van der Waals surface area contributed by atoms with Crippen LogP contribution in [-0.2, 0) is 11.3 Å². The van der Waals surface area contributed by atoms with Crippen molar-refractivity contribution in [3.63, 3.8) is 0 Å². The van der Waals surface area contributed by atoms with E-state index in [1.165, 1.54) is 0 Å². The molecule has 2 aromatic carbocycles. The van der Waals surface area contributed by atoms with Gasteiger partial charge in [0.05, 0.1) is 0 Å². The van der Waals surface area contributed by atoms with Crippen LogP contribution in [0.3, 0.4) is 0 Å². The Kier molecular flexibility index (Phi) is 5.61. The zero-order chi connectivity index (χ0) is 18.7. The van der Waals surface area contributed by atoms with E-state index < -0.39 is 5.97 Å². The first-order chi connectivity index (χ1) is 12.4. The molecule has 0 aliphatic heterocycles. The molecular weight excluding hydrogens is 397 g/mol. The highest BCUT2D eigenvalue weighted by Gasteiger charge is 2.20. The summed E-state index contributed by atoms with van der Waals surface area (Å²) in [6, 6.07) is 13.7. The molecule has 1 heterocycles. The van der Waals surface area contributed by atoms with E-state index in [4.69, 9.17) is 45.3 Å². The first-order valence-corrected chi connectivity index (χ1v) is 8.58. The molecule has 1 aromatic heterocycles. The number of benzene rings is 2. The Morgan fingerprint density at radius 3 is 2.12 bits per heavy atom. The molecule has 0 saturated heterocycles. The Hall–Kier alpha value is -2.34. The number of rotatable bonds is 4. The number of nitrogens with two attached hydrogens (primary N) is 1. The van der Waals surface area contributed by atoms with Gasteiger partial charge in [0.15, 0.2) is 11.5 Å². The summed E-state index contributed by atoms with van der Waals surface area (Å²) in [7, 11) is 0. The number of hydrogen-bond acceptors (Lipinski definition) is 5. The van der Waals surface area contributed by atoms with Crippen LogP contribution in [0, 0.1) is 0 Å². The standard InChI is InChI=1S/C18H12Cl3N3O2/c19-12-5-1-10(2-6-12)9-26-18(25)15-14(21)16(22)24-17(23-15)11-3-7-13(20)8-4-11/h1-8H,9H2,(H2,22,23,24). The van der Waals surface area contributed by atoms with Gasteiger partial charge in [-0.3, -0.25) is 0 Å². The Morgan fingerprint density at radius 1 is 0.923 bits per heavy atom. The maximum absolute atomic E-state index is 12.4. The molecule has 2 N–H and O–H groups in total. The smallest absolute Gasteiger partial charge is 0.359 e. The number of aromatic nitrogens is 2. The van der Waals surface area contributed by atoms with E-state index in [1.54, 1.807) is 48.5 Å². The summed E-state index contributed by atoms with van der Waals surface area (Å²) in [5.41, 5.74) is 7.14. The molecule has 0 fully saturated rings. The minimum absolute atomic E-state index is 0.00920. The fourth-order valence-corrected chi connectivity index (χ4v) is 2.54. The van der Waals surface area contributed by atoms with Crippen molar-refractivity contribution in [3.8, 4) is 11.4 Å². The summed E-state index contributed by atoms with van der Waals surface area (Å²) in [5, 5.41) is 1.11. The minimum Gasteiger partial charge on any atom is -0.456 e. The first-order valence-electron chi connectivity index (χ1n) is 7.44. The van der Waals surface area contributed by atoms with Crippen molar-refractivity contribution < 1.29 is 9.53 Å². The molecule has 0 aliphatic rings. The summed E-state index contributed by atoms with van der Waals surface area (Å²) in [6.45, 7) is 0.0481. The fourth-order valence-electron chi connectivity index (χ4n) is 2.13. The lowest BCUT2D eigenvalue weighted by molar-refractivity contribution is 0.0466. The summed E-state index contributed by atoms with van der Waals surface area (Å²) in [6.07, 6.45) is 0. The van der Waals surface area contributed by atoms with Crippen LogP contribution in [-0.4, -0.2) is 15.9 Å². The van der Waals surface area contributed by atoms with Crippen LogP contribution >= 0.6 is 34.8 Å². The molecule has 0 spiro atoms. The second-order valence-electron chi connectivity index (χ2n) is 5.30. The summed E-state index contributed by atoms with van der Waals surface area (Å²) in [4.78, 5) is 20.7. The predicted molar refractivity (Wildman–Crippen MR) is 102 cm³/mol. The maximum atomic E-state index is 12.4. The number of esters is 1. The third-order valence-corrected chi connectivity index (χ3v) is 4.33. The maximum Gasteiger partial charge on any atom is 0.359 e. The Bertz CT molecular complexity index is 945. The molecule has 0 saturated carbocycles. The van der Waals surface area contributed by atoms with E-state index in [0.29, 0.717) is 15.6 Å². The number of anilines is 1. The van der Waals surface area contributed by atoms with E-state index in [1.807, 2.05) is 0 Å². The van der Waals surface area contributed by atoms with E-state index in [2.05, 4.69) is 9.97 Å². The van der Waals surface area contributed by atoms with Crippen LogP contribution in [0.5, 0.6) is 0 Å². The van der Waals surface area contributed by atoms with Gasteiger partial charge >= 0.3 is 5.97 Å². The average Bonchev–Trinajstić information content (AvgIpc) is 2.64. The van der Waals surface area contributed by atoms with E-state index >= 15 is 0 Å². The quantitative estimate of drug-likeness (QED) is 0.612. The number of carbonyl (C=O) groups excluding carboxylic acids is 1. The van der Waals surface area contributed by atoms with Crippen molar-refractivity contribution in [1.29, 1.82) is 0 Å².